The largest absolute Gasteiger partial charge is 0.0996 e. The summed E-state index contributed by atoms with van der Waals surface area (Å²) in [4.78, 5) is 0. The molecule has 0 nitrogen and oxygen atoms in total. The molecule has 0 radical (unpaired) electrons. The van der Waals surface area contributed by atoms with E-state index >= 15 is 0 Å². The molecule has 0 rings (SSSR count). The predicted molar refractivity (Wildman–Crippen MR) is 43.4 cm³/mol. The summed E-state index contributed by atoms with van der Waals surface area (Å²) in [5.41, 5.74) is 1.38. The second-order valence-corrected chi connectivity index (χ2v) is 3.41. The van der Waals surface area contributed by atoms with Gasteiger partial charge < -0.3 is 0 Å². The number of hydrogen-bond donors (Lipinski definition) is 0. The standard InChI is InChI=1S/C9H18/c1-7(2)6-9(5)8(3)4/h7-8H,5-6H2,1-4H3. The first-order chi connectivity index (χ1) is 4.04. The number of rotatable bonds is 3. The summed E-state index contributed by atoms with van der Waals surface area (Å²) in [6, 6.07) is 0. The molecule has 54 valence electrons. The molecule has 0 atom stereocenters. The first-order valence-electron chi connectivity index (χ1n) is 3.71. The third kappa shape index (κ3) is 4.26. The SMILES string of the molecule is C=C(CC(C)C)C(C)C. The summed E-state index contributed by atoms with van der Waals surface area (Å²) in [7, 11) is 0. The van der Waals surface area contributed by atoms with Crippen molar-refractivity contribution in [1.82, 2.24) is 0 Å². The highest BCUT2D eigenvalue weighted by molar-refractivity contribution is 4.97. The molecule has 0 bridgehead atoms. The second-order valence-electron chi connectivity index (χ2n) is 3.41. The summed E-state index contributed by atoms with van der Waals surface area (Å²) in [5, 5.41) is 0. The van der Waals surface area contributed by atoms with E-state index in [-0.39, 0.29) is 0 Å². The van der Waals surface area contributed by atoms with Crippen LogP contribution in [0.25, 0.3) is 0 Å². The van der Waals surface area contributed by atoms with Gasteiger partial charge >= 0.3 is 0 Å². The minimum Gasteiger partial charge on any atom is -0.0996 e. The Morgan fingerprint density at radius 2 is 1.67 bits per heavy atom. The zero-order valence-electron chi connectivity index (χ0n) is 7.07. The molecular formula is C9H18. The van der Waals surface area contributed by atoms with Gasteiger partial charge in [-0.25, -0.2) is 0 Å². The zero-order chi connectivity index (χ0) is 7.44. The van der Waals surface area contributed by atoms with Crippen LogP contribution in [0.4, 0.5) is 0 Å². The van der Waals surface area contributed by atoms with Crippen LogP contribution in [0.2, 0.25) is 0 Å². The minimum absolute atomic E-state index is 0.660. The monoisotopic (exact) mass is 126 g/mol. The first-order valence-corrected chi connectivity index (χ1v) is 3.71. The lowest BCUT2D eigenvalue weighted by Crippen LogP contribution is -1.96. The molecular weight excluding hydrogens is 108 g/mol. The van der Waals surface area contributed by atoms with E-state index in [0.29, 0.717) is 5.92 Å². The molecule has 0 aromatic rings. The first kappa shape index (κ1) is 8.74. The summed E-state index contributed by atoms with van der Waals surface area (Å²) >= 11 is 0. The van der Waals surface area contributed by atoms with Crippen molar-refractivity contribution < 1.29 is 0 Å². The van der Waals surface area contributed by atoms with Gasteiger partial charge in [0.1, 0.15) is 0 Å². The van der Waals surface area contributed by atoms with E-state index in [2.05, 4.69) is 34.3 Å². The fourth-order valence-corrected chi connectivity index (χ4v) is 0.760. The van der Waals surface area contributed by atoms with Gasteiger partial charge in [-0.05, 0) is 18.3 Å². The molecule has 0 heteroatoms. The average molecular weight is 126 g/mol. The van der Waals surface area contributed by atoms with Gasteiger partial charge in [0, 0.05) is 0 Å². The number of allylic oxidation sites excluding steroid dienone is 1. The molecule has 0 aliphatic rings. The molecule has 0 unspecified atom stereocenters. The molecule has 0 amide bonds. The van der Waals surface area contributed by atoms with Gasteiger partial charge in [0.25, 0.3) is 0 Å². The zero-order valence-corrected chi connectivity index (χ0v) is 7.07. The summed E-state index contributed by atoms with van der Waals surface area (Å²) < 4.78 is 0. The molecule has 9 heavy (non-hydrogen) atoms. The van der Waals surface area contributed by atoms with Crippen molar-refractivity contribution in [3.63, 3.8) is 0 Å². The van der Waals surface area contributed by atoms with Crippen molar-refractivity contribution >= 4 is 0 Å². The highest BCUT2D eigenvalue weighted by Crippen LogP contribution is 2.15. The van der Waals surface area contributed by atoms with Crippen LogP contribution in [0.15, 0.2) is 12.2 Å². The van der Waals surface area contributed by atoms with Crippen LogP contribution in [0, 0.1) is 11.8 Å². The van der Waals surface area contributed by atoms with Crippen LogP contribution >= 0.6 is 0 Å². The lowest BCUT2D eigenvalue weighted by molar-refractivity contribution is 0.589. The van der Waals surface area contributed by atoms with Gasteiger partial charge in [-0.15, -0.1) is 0 Å². The van der Waals surface area contributed by atoms with Crippen molar-refractivity contribution in [1.29, 1.82) is 0 Å². The Hall–Kier alpha value is -0.260. The fourth-order valence-electron chi connectivity index (χ4n) is 0.760. The van der Waals surface area contributed by atoms with E-state index < -0.39 is 0 Å². The maximum atomic E-state index is 3.99. The van der Waals surface area contributed by atoms with Gasteiger partial charge in [0.2, 0.25) is 0 Å². The lowest BCUT2D eigenvalue weighted by atomic mass is 9.96. The molecule has 0 N–H and O–H groups in total. The van der Waals surface area contributed by atoms with Gasteiger partial charge in [-0.3, -0.25) is 0 Å². The topological polar surface area (TPSA) is 0 Å². The number of hydrogen-bond acceptors (Lipinski definition) is 0. The minimum atomic E-state index is 0.660. The summed E-state index contributed by atoms with van der Waals surface area (Å²) in [5.74, 6) is 1.42. The van der Waals surface area contributed by atoms with Crippen molar-refractivity contribution in [3.05, 3.63) is 12.2 Å². The Balaban J connectivity index is 3.51. The quantitative estimate of drug-likeness (QED) is 0.509. The molecule has 0 aromatic heterocycles. The highest BCUT2D eigenvalue weighted by atomic mass is 14.1. The second kappa shape index (κ2) is 3.71. The van der Waals surface area contributed by atoms with Crippen LogP contribution in [0.1, 0.15) is 34.1 Å². The normalized spacial score (nSPS) is 10.9. The highest BCUT2D eigenvalue weighted by Gasteiger charge is 2.01. The Kier molecular flexibility index (Phi) is 3.60. The van der Waals surface area contributed by atoms with E-state index in [4.69, 9.17) is 0 Å². The molecule has 0 aromatic carbocycles. The Labute approximate surface area is 59.0 Å². The van der Waals surface area contributed by atoms with E-state index in [1.54, 1.807) is 0 Å². The van der Waals surface area contributed by atoms with Gasteiger partial charge in [0.05, 0.1) is 0 Å². The smallest absolute Gasteiger partial charge is 0.0263 e. The maximum absolute atomic E-state index is 3.99. The molecule has 0 saturated carbocycles. The summed E-state index contributed by atoms with van der Waals surface area (Å²) in [6.45, 7) is 12.9. The van der Waals surface area contributed by atoms with E-state index in [0.717, 1.165) is 5.92 Å². The molecule has 0 heterocycles. The average Bonchev–Trinajstić information content (AvgIpc) is 1.63. The van der Waals surface area contributed by atoms with Crippen LogP contribution in [-0.4, -0.2) is 0 Å². The third-order valence-corrected chi connectivity index (χ3v) is 1.49. The Bertz CT molecular complexity index is 88.2. The molecule has 0 aliphatic carbocycles. The van der Waals surface area contributed by atoms with E-state index in [1.807, 2.05) is 0 Å². The van der Waals surface area contributed by atoms with E-state index in [9.17, 15) is 0 Å². The van der Waals surface area contributed by atoms with Crippen molar-refractivity contribution in [3.8, 4) is 0 Å². The van der Waals surface area contributed by atoms with E-state index in [1.165, 1.54) is 12.0 Å². The van der Waals surface area contributed by atoms with Crippen LogP contribution < -0.4 is 0 Å². The fraction of sp³-hybridized carbons (Fsp3) is 0.778. The van der Waals surface area contributed by atoms with Crippen LogP contribution in [0.3, 0.4) is 0 Å². The van der Waals surface area contributed by atoms with Gasteiger partial charge in [0.15, 0.2) is 0 Å². The van der Waals surface area contributed by atoms with Crippen LogP contribution in [-0.2, 0) is 0 Å². The predicted octanol–water partition coefficient (Wildman–Crippen LogP) is 3.24. The van der Waals surface area contributed by atoms with Crippen molar-refractivity contribution in [2.24, 2.45) is 11.8 Å². The van der Waals surface area contributed by atoms with Gasteiger partial charge in [-0.1, -0.05) is 39.8 Å². The Morgan fingerprint density at radius 3 is 1.78 bits per heavy atom. The van der Waals surface area contributed by atoms with Crippen molar-refractivity contribution in [2.45, 2.75) is 34.1 Å². The van der Waals surface area contributed by atoms with Gasteiger partial charge in [-0.2, -0.15) is 0 Å². The maximum Gasteiger partial charge on any atom is -0.0263 e. The lowest BCUT2D eigenvalue weighted by Gasteiger charge is -2.10. The van der Waals surface area contributed by atoms with Crippen molar-refractivity contribution in [2.75, 3.05) is 0 Å². The molecule has 0 fully saturated rings. The molecule has 0 spiro atoms. The third-order valence-electron chi connectivity index (χ3n) is 1.49. The molecule has 0 saturated heterocycles. The Morgan fingerprint density at radius 1 is 1.22 bits per heavy atom. The summed E-state index contributed by atoms with van der Waals surface area (Å²) in [6.07, 6.45) is 1.18. The molecule has 0 aliphatic heterocycles. The van der Waals surface area contributed by atoms with Crippen LogP contribution in [0.5, 0.6) is 0 Å².